The number of hydrogen-bond acceptors (Lipinski definition) is 3. The lowest BCUT2D eigenvalue weighted by atomic mass is 10.0. The first-order chi connectivity index (χ1) is 7.35. The number of unbranched alkanes of at least 4 members (excludes halogenated alkanes) is 1. The van der Waals surface area contributed by atoms with Gasteiger partial charge in [-0.2, -0.15) is 0 Å². The number of piperidine rings is 1. The molecule has 0 radical (unpaired) electrons. The number of rotatable bonds is 3. The summed E-state index contributed by atoms with van der Waals surface area (Å²) < 4.78 is 11.3. The van der Waals surface area contributed by atoms with Gasteiger partial charge in [0.25, 0.3) is 0 Å². The van der Waals surface area contributed by atoms with Gasteiger partial charge < -0.3 is 14.4 Å². The van der Waals surface area contributed by atoms with Crippen molar-refractivity contribution in [2.45, 2.75) is 31.5 Å². The molecule has 84 valence electrons. The Morgan fingerprint density at radius 3 is 2.47 bits per heavy atom. The van der Waals surface area contributed by atoms with Crippen molar-refractivity contribution < 1.29 is 9.47 Å². The Morgan fingerprint density at radius 1 is 1.20 bits per heavy atom. The molecule has 2 aliphatic heterocycles. The van der Waals surface area contributed by atoms with Gasteiger partial charge in [-0.15, -0.1) is 12.3 Å². The normalized spacial score (nSPS) is 25.5. The predicted octanol–water partition coefficient (Wildman–Crippen LogP) is 1.24. The smallest absolute Gasteiger partial charge is 0.170 e. The van der Waals surface area contributed by atoms with Crippen molar-refractivity contribution in [2.24, 2.45) is 0 Å². The summed E-state index contributed by atoms with van der Waals surface area (Å²) >= 11 is 0. The first kappa shape index (κ1) is 10.9. The molecule has 0 aromatic carbocycles. The molecule has 2 aliphatic rings. The monoisotopic (exact) mass is 209 g/mol. The van der Waals surface area contributed by atoms with E-state index in [2.05, 4.69) is 10.8 Å². The van der Waals surface area contributed by atoms with Gasteiger partial charge in [-0.25, -0.2) is 0 Å². The zero-order valence-electron chi connectivity index (χ0n) is 9.21. The second-order valence-electron chi connectivity index (χ2n) is 4.26. The van der Waals surface area contributed by atoms with Gasteiger partial charge in [-0.1, -0.05) is 0 Å². The van der Waals surface area contributed by atoms with Crippen LogP contribution >= 0.6 is 0 Å². The minimum Gasteiger partial charge on any atom is -0.347 e. The van der Waals surface area contributed by atoms with Crippen LogP contribution in [0.25, 0.3) is 0 Å². The SMILES string of the molecule is C#CCCCN1CCC2(CC1)OCCO2. The van der Waals surface area contributed by atoms with Crippen LogP contribution in [0, 0.1) is 12.3 Å². The molecule has 1 spiro atoms. The maximum atomic E-state index is 5.67. The van der Waals surface area contributed by atoms with Crippen LogP contribution in [0.3, 0.4) is 0 Å². The van der Waals surface area contributed by atoms with Gasteiger partial charge in [-0.05, 0) is 13.0 Å². The molecule has 2 fully saturated rings. The Hall–Kier alpha value is -0.560. The molecule has 2 heterocycles. The molecule has 0 bridgehead atoms. The second-order valence-corrected chi connectivity index (χ2v) is 4.26. The second kappa shape index (κ2) is 4.98. The molecule has 2 saturated heterocycles. The molecule has 0 atom stereocenters. The third-order valence-corrected chi connectivity index (χ3v) is 3.23. The van der Waals surface area contributed by atoms with E-state index in [0.29, 0.717) is 0 Å². The standard InChI is InChI=1S/C12H19NO2/c1-2-3-4-7-13-8-5-12(6-9-13)14-10-11-15-12/h1H,3-11H2. The van der Waals surface area contributed by atoms with Crippen molar-refractivity contribution in [3.05, 3.63) is 0 Å². The average molecular weight is 209 g/mol. The Kier molecular flexibility index (Phi) is 3.63. The molecule has 15 heavy (non-hydrogen) atoms. The van der Waals surface area contributed by atoms with Crippen molar-refractivity contribution in [3.8, 4) is 12.3 Å². The zero-order chi connectivity index (χ0) is 10.6. The highest BCUT2D eigenvalue weighted by Crippen LogP contribution is 2.31. The summed E-state index contributed by atoms with van der Waals surface area (Å²) in [6.45, 7) is 4.78. The highest BCUT2D eigenvalue weighted by Gasteiger charge is 2.39. The molecule has 2 rings (SSSR count). The van der Waals surface area contributed by atoms with Crippen molar-refractivity contribution >= 4 is 0 Å². The zero-order valence-corrected chi connectivity index (χ0v) is 9.21. The van der Waals surface area contributed by atoms with Gasteiger partial charge in [-0.3, -0.25) is 0 Å². The van der Waals surface area contributed by atoms with Gasteiger partial charge in [0, 0.05) is 32.4 Å². The Labute approximate surface area is 91.7 Å². The molecule has 3 heteroatoms. The molecular weight excluding hydrogens is 190 g/mol. The lowest BCUT2D eigenvalue weighted by Crippen LogP contribution is -2.45. The van der Waals surface area contributed by atoms with E-state index in [0.717, 1.165) is 58.5 Å². The third kappa shape index (κ3) is 2.72. The predicted molar refractivity (Wildman–Crippen MR) is 58.4 cm³/mol. The summed E-state index contributed by atoms with van der Waals surface area (Å²) in [6.07, 6.45) is 9.22. The first-order valence-electron chi connectivity index (χ1n) is 5.78. The molecule has 0 amide bonds. The summed E-state index contributed by atoms with van der Waals surface area (Å²) in [7, 11) is 0. The molecule has 0 N–H and O–H groups in total. The third-order valence-electron chi connectivity index (χ3n) is 3.23. The lowest BCUT2D eigenvalue weighted by molar-refractivity contribution is -0.185. The number of nitrogens with zero attached hydrogens (tertiary/aromatic N) is 1. The minimum atomic E-state index is -0.234. The summed E-state index contributed by atoms with van der Waals surface area (Å²) in [5, 5.41) is 0. The minimum absolute atomic E-state index is 0.234. The maximum absolute atomic E-state index is 5.67. The summed E-state index contributed by atoms with van der Waals surface area (Å²) in [5.41, 5.74) is 0. The molecule has 0 saturated carbocycles. The van der Waals surface area contributed by atoms with Crippen LogP contribution in [-0.2, 0) is 9.47 Å². The van der Waals surface area contributed by atoms with Crippen molar-refractivity contribution in [1.29, 1.82) is 0 Å². The molecule has 3 nitrogen and oxygen atoms in total. The van der Waals surface area contributed by atoms with Gasteiger partial charge >= 0.3 is 0 Å². The molecule has 0 unspecified atom stereocenters. The van der Waals surface area contributed by atoms with E-state index < -0.39 is 0 Å². The van der Waals surface area contributed by atoms with Gasteiger partial charge in [0.1, 0.15) is 0 Å². The van der Waals surface area contributed by atoms with E-state index in [4.69, 9.17) is 15.9 Å². The van der Waals surface area contributed by atoms with E-state index in [-0.39, 0.29) is 5.79 Å². The fourth-order valence-electron chi connectivity index (χ4n) is 2.31. The summed E-state index contributed by atoms with van der Waals surface area (Å²) in [6, 6.07) is 0. The van der Waals surface area contributed by atoms with Gasteiger partial charge in [0.05, 0.1) is 13.2 Å². The first-order valence-corrected chi connectivity index (χ1v) is 5.78. The van der Waals surface area contributed by atoms with Crippen LogP contribution in [0.2, 0.25) is 0 Å². The molecule has 0 aromatic heterocycles. The highest BCUT2D eigenvalue weighted by atomic mass is 16.7. The molecule has 0 aromatic rings. The number of hydrogen-bond donors (Lipinski definition) is 0. The van der Waals surface area contributed by atoms with Crippen LogP contribution in [-0.4, -0.2) is 43.5 Å². The maximum Gasteiger partial charge on any atom is 0.170 e. The fourth-order valence-corrected chi connectivity index (χ4v) is 2.31. The molecular formula is C12H19NO2. The highest BCUT2D eigenvalue weighted by molar-refractivity contribution is 4.85. The fraction of sp³-hybridized carbons (Fsp3) is 0.833. The number of likely N-dealkylation sites (tertiary alicyclic amines) is 1. The number of ether oxygens (including phenoxy) is 2. The van der Waals surface area contributed by atoms with E-state index >= 15 is 0 Å². The quantitative estimate of drug-likeness (QED) is 0.515. The van der Waals surface area contributed by atoms with Crippen LogP contribution in [0.15, 0.2) is 0 Å². The van der Waals surface area contributed by atoms with Crippen molar-refractivity contribution in [1.82, 2.24) is 4.90 Å². The van der Waals surface area contributed by atoms with Crippen LogP contribution in [0.1, 0.15) is 25.7 Å². The van der Waals surface area contributed by atoms with E-state index in [9.17, 15) is 0 Å². The summed E-state index contributed by atoms with van der Waals surface area (Å²) in [4.78, 5) is 2.45. The topological polar surface area (TPSA) is 21.7 Å². The van der Waals surface area contributed by atoms with Gasteiger partial charge in [0.15, 0.2) is 5.79 Å². The van der Waals surface area contributed by atoms with E-state index in [1.807, 2.05) is 0 Å². The number of terminal acetylenes is 1. The Balaban J connectivity index is 1.70. The largest absolute Gasteiger partial charge is 0.347 e. The van der Waals surface area contributed by atoms with Crippen LogP contribution in [0.5, 0.6) is 0 Å². The average Bonchev–Trinajstić information content (AvgIpc) is 2.71. The van der Waals surface area contributed by atoms with E-state index in [1.54, 1.807) is 0 Å². The molecule has 0 aliphatic carbocycles. The Morgan fingerprint density at radius 2 is 1.87 bits per heavy atom. The van der Waals surface area contributed by atoms with E-state index in [1.165, 1.54) is 0 Å². The van der Waals surface area contributed by atoms with Gasteiger partial charge in [0.2, 0.25) is 0 Å². The van der Waals surface area contributed by atoms with Crippen LogP contribution < -0.4 is 0 Å². The van der Waals surface area contributed by atoms with Crippen molar-refractivity contribution in [3.63, 3.8) is 0 Å². The summed E-state index contributed by atoms with van der Waals surface area (Å²) in [5.74, 6) is 2.45. The van der Waals surface area contributed by atoms with Crippen LogP contribution in [0.4, 0.5) is 0 Å². The van der Waals surface area contributed by atoms with Crippen molar-refractivity contribution in [2.75, 3.05) is 32.8 Å². The lowest BCUT2D eigenvalue weighted by Gasteiger charge is -2.37. The Bertz CT molecular complexity index is 230.